The van der Waals surface area contributed by atoms with E-state index in [2.05, 4.69) is 18.3 Å². The number of nitrogens with one attached hydrogen (secondary N) is 1. The van der Waals surface area contributed by atoms with Crippen LogP contribution in [0.3, 0.4) is 0 Å². The third-order valence-corrected chi connectivity index (χ3v) is 5.39. The molecule has 2 amide bonds. The minimum absolute atomic E-state index is 0.0393. The average Bonchev–Trinajstić information content (AvgIpc) is 3.23. The van der Waals surface area contributed by atoms with Gasteiger partial charge in [-0.15, -0.1) is 0 Å². The summed E-state index contributed by atoms with van der Waals surface area (Å²) in [6.07, 6.45) is 2.20. The molecule has 0 radical (unpaired) electrons. The van der Waals surface area contributed by atoms with E-state index in [-0.39, 0.29) is 17.9 Å². The highest BCUT2D eigenvalue weighted by Gasteiger charge is 2.27. The van der Waals surface area contributed by atoms with Crippen molar-refractivity contribution in [1.29, 1.82) is 0 Å². The van der Waals surface area contributed by atoms with Gasteiger partial charge in [0.25, 0.3) is 11.8 Å². The van der Waals surface area contributed by atoms with Crippen molar-refractivity contribution in [2.24, 2.45) is 0 Å². The van der Waals surface area contributed by atoms with Gasteiger partial charge in [0.15, 0.2) is 0 Å². The Kier molecular flexibility index (Phi) is 4.94. The van der Waals surface area contributed by atoms with Gasteiger partial charge in [0, 0.05) is 30.1 Å². The van der Waals surface area contributed by atoms with Crippen LogP contribution in [0, 0.1) is 0 Å². The van der Waals surface area contributed by atoms with Crippen molar-refractivity contribution in [3.05, 3.63) is 59.7 Å². The van der Waals surface area contributed by atoms with E-state index in [0.29, 0.717) is 30.3 Å². The first kappa shape index (κ1) is 17.7. The van der Waals surface area contributed by atoms with Crippen molar-refractivity contribution < 1.29 is 14.3 Å². The minimum Gasteiger partial charge on any atom is -0.368 e. The third-order valence-electron chi connectivity index (χ3n) is 5.39. The van der Waals surface area contributed by atoms with Crippen LogP contribution in [0.25, 0.3) is 0 Å². The summed E-state index contributed by atoms with van der Waals surface area (Å²) >= 11 is 0. The molecule has 5 nitrogen and oxygen atoms in total. The molecule has 2 aliphatic heterocycles. The van der Waals surface area contributed by atoms with Crippen LogP contribution in [0.15, 0.2) is 48.5 Å². The van der Waals surface area contributed by atoms with E-state index < -0.39 is 0 Å². The fourth-order valence-electron chi connectivity index (χ4n) is 3.85. The molecule has 140 valence electrons. The van der Waals surface area contributed by atoms with Crippen molar-refractivity contribution in [3.63, 3.8) is 0 Å². The maximum Gasteiger partial charge on any atom is 0.258 e. The Balaban J connectivity index is 1.54. The van der Waals surface area contributed by atoms with Gasteiger partial charge in [0.1, 0.15) is 6.10 Å². The van der Waals surface area contributed by atoms with Crippen molar-refractivity contribution in [3.8, 4) is 0 Å². The van der Waals surface area contributed by atoms with Crippen molar-refractivity contribution in [1.82, 2.24) is 0 Å². The molecule has 27 heavy (non-hydrogen) atoms. The molecule has 0 aliphatic carbocycles. The maximum absolute atomic E-state index is 13.2. The highest BCUT2D eigenvalue weighted by molar-refractivity contribution is 6.07. The van der Waals surface area contributed by atoms with Gasteiger partial charge < -0.3 is 15.0 Å². The van der Waals surface area contributed by atoms with Crippen LogP contribution in [0.2, 0.25) is 0 Å². The number of anilines is 2. The van der Waals surface area contributed by atoms with E-state index in [0.717, 1.165) is 24.9 Å². The number of benzene rings is 2. The molecule has 5 heteroatoms. The number of hydrogen-bond acceptors (Lipinski definition) is 3. The normalized spacial score (nSPS) is 21.6. The predicted molar refractivity (Wildman–Crippen MR) is 105 cm³/mol. The quantitative estimate of drug-likeness (QED) is 0.897. The lowest BCUT2D eigenvalue weighted by Crippen LogP contribution is -2.36. The molecule has 2 aliphatic rings. The molecule has 1 fully saturated rings. The molecule has 2 aromatic carbocycles. The smallest absolute Gasteiger partial charge is 0.258 e. The van der Waals surface area contributed by atoms with E-state index >= 15 is 0 Å². The number of amides is 2. The van der Waals surface area contributed by atoms with Crippen LogP contribution in [0.1, 0.15) is 48.0 Å². The average molecular weight is 364 g/mol. The van der Waals surface area contributed by atoms with E-state index in [1.807, 2.05) is 23.1 Å². The second kappa shape index (κ2) is 7.53. The molecular weight excluding hydrogens is 340 g/mol. The molecule has 2 unspecified atom stereocenters. The molecule has 2 atom stereocenters. The molecule has 1 saturated heterocycles. The van der Waals surface area contributed by atoms with Gasteiger partial charge in [-0.25, -0.2) is 0 Å². The molecule has 1 N–H and O–H groups in total. The Labute approximate surface area is 159 Å². The third kappa shape index (κ3) is 3.60. The number of carbonyl (C=O) groups is 2. The molecule has 0 aromatic heterocycles. The van der Waals surface area contributed by atoms with Crippen molar-refractivity contribution in [2.75, 3.05) is 23.4 Å². The largest absolute Gasteiger partial charge is 0.368 e. The predicted octanol–water partition coefficient (Wildman–Crippen LogP) is 3.96. The van der Waals surface area contributed by atoms with Gasteiger partial charge in [0.05, 0.1) is 0 Å². The molecule has 0 saturated carbocycles. The zero-order valence-corrected chi connectivity index (χ0v) is 15.5. The Bertz CT molecular complexity index is 858. The Morgan fingerprint density at radius 2 is 1.96 bits per heavy atom. The van der Waals surface area contributed by atoms with Crippen molar-refractivity contribution in [2.45, 2.75) is 38.2 Å². The van der Waals surface area contributed by atoms with Crippen LogP contribution >= 0.6 is 0 Å². The van der Waals surface area contributed by atoms with Crippen LogP contribution in [-0.2, 0) is 9.53 Å². The molecule has 0 spiro atoms. The van der Waals surface area contributed by atoms with Crippen LogP contribution in [-0.4, -0.2) is 31.1 Å². The summed E-state index contributed by atoms with van der Waals surface area (Å²) < 4.78 is 5.42. The number of carbonyl (C=O) groups excluding carboxylic acids is 2. The monoisotopic (exact) mass is 364 g/mol. The lowest BCUT2D eigenvalue weighted by Gasteiger charge is -2.33. The molecule has 0 bridgehead atoms. The van der Waals surface area contributed by atoms with E-state index in [1.165, 1.54) is 5.56 Å². The standard InChI is InChI=1S/C22H24N2O3/c1-15-11-12-24(19-9-3-2-8-18(15)19)22(26)16-6-4-7-17(14-16)23-21(25)20-10-5-13-27-20/h2-4,6-9,14-15,20H,5,10-13H2,1H3,(H,23,25). The van der Waals surface area contributed by atoms with Crippen molar-refractivity contribution >= 4 is 23.2 Å². The topological polar surface area (TPSA) is 58.6 Å². The van der Waals surface area contributed by atoms with Gasteiger partial charge in [-0.2, -0.15) is 0 Å². The number of para-hydroxylation sites is 1. The van der Waals surface area contributed by atoms with Crippen LogP contribution in [0.5, 0.6) is 0 Å². The summed E-state index contributed by atoms with van der Waals surface area (Å²) in [5.74, 6) is 0.263. The summed E-state index contributed by atoms with van der Waals surface area (Å²) in [5.41, 5.74) is 3.39. The second-order valence-corrected chi connectivity index (χ2v) is 7.28. The van der Waals surface area contributed by atoms with E-state index in [4.69, 9.17) is 4.74 Å². The Morgan fingerprint density at radius 1 is 1.11 bits per heavy atom. The SMILES string of the molecule is CC1CCN(C(=O)c2cccc(NC(=O)C3CCCO3)c2)c2ccccc21. The highest BCUT2D eigenvalue weighted by Crippen LogP contribution is 2.35. The highest BCUT2D eigenvalue weighted by atomic mass is 16.5. The summed E-state index contributed by atoms with van der Waals surface area (Å²) in [4.78, 5) is 27.3. The Morgan fingerprint density at radius 3 is 2.78 bits per heavy atom. The number of hydrogen-bond donors (Lipinski definition) is 1. The van der Waals surface area contributed by atoms with Gasteiger partial charge in [-0.3, -0.25) is 9.59 Å². The van der Waals surface area contributed by atoms with Crippen LogP contribution < -0.4 is 10.2 Å². The van der Waals surface area contributed by atoms with Gasteiger partial charge in [-0.05, 0) is 55.0 Å². The lowest BCUT2D eigenvalue weighted by molar-refractivity contribution is -0.124. The van der Waals surface area contributed by atoms with E-state index in [9.17, 15) is 9.59 Å². The first-order valence-electron chi connectivity index (χ1n) is 9.57. The van der Waals surface area contributed by atoms with Gasteiger partial charge in [0.2, 0.25) is 0 Å². The summed E-state index contributed by atoms with van der Waals surface area (Å²) in [7, 11) is 0. The minimum atomic E-state index is -0.389. The van der Waals surface area contributed by atoms with Crippen LogP contribution in [0.4, 0.5) is 11.4 Å². The summed E-state index contributed by atoms with van der Waals surface area (Å²) in [6, 6.07) is 15.2. The number of nitrogens with zero attached hydrogens (tertiary/aromatic N) is 1. The zero-order valence-electron chi connectivity index (χ0n) is 15.5. The molecular formula is C22H24N2O3. The Hall–Kier alpha value is -2.66. The van der Waals surface area contributed by atoms with Gasteiger partial charge >= 0.3 is 0 Å². The summed E-state index contributed by atoms with van der Waals surface area (Å²) in [6.45, 7) is 3.52. The zero-order chi connectivity index (χ0) is 18.8. The first-order chi connectivity index (χ1) is 13.1. The number of ether oxygens (including phenoxy) is 1. The number of fused-ring (bicyclic) bond motifs is 1. The molecule has 2 heterocycles. The first-order valence-corrected chi connectivity index (χ1v) is 9.57. The molecule has 4 rings (SSSR count). The summed E-state index contributed by atoms with van der Waals surface area (Å²) in [5, 5.41) is 2.87. The number of rotatable bonds is 3. The van der Waals surface area contributed by atoms with Gasteiger partial charge in [-0.1, -0.05) is 31.2 Å². The fourth-order valence-corrected chi connectivity index (χ4v) is 3.85. The van der Waals surface area contributed by atoms with E-state index in [1.54, 1.807) is 24.3 Å². The maximum atomic E-state index is 13.2. The fraction of sp³-hybridized carbons (Fsp3) is 0.364. The second-order valence-electron chi connectivity index (χ2n) is 7.28. The molecule has 2 aromatic rings. The lowest BCUT2D eigenvalue weighted by atomic mass is 9.91.